The van der Waals surface area contributed by atoms with Gasteiger partial charge in [0.25, 0.3) is 0 Å². The minimum absolute atomic E-state index is 0.122. The first-order chi connectivity index (χ1) is 32.2. The van der Waals surface area contributed by atoms with Gasteiger partial charge in [-0.25, -0.2) is 9.97 Å². The van der Waals surface area contributed by atoms with Crippen molar-refractivity contribution in [2.45, 2.75) is 72.6 Å². The fourth-order valence-corrected chi connectivity index (χ4v) is 10.1. The predicted molar refractivity (Wildman–Crippen MR) is 257 cm³/mol. The van der Waals surface area contributed by atoms with Gasteiger partial charge in [0.2, 0.25) is 11.9 Å². The van der Waals surface area contributed by atoms with Gasteiger partial charge in [0.15, 0.2) is 0 Å². The van der Waals surface area contributed by atoms with Crippen LogP contribution in [0.15, 0.2) is 33.3 Å². The van der Waals surface area contributed by atoms with E-state index in [9.17, 15) is 0 Å². The summed E-state index contributed by atoms with van der Waals surface area (Å²) in [6, 6.07) is 7.96. The fourth-order valence-electron chi connectivity index (χ4n) is 9.81. The molecule has 8 N–H and O–H groups in total. The molecule has 0 aliphatic heterocycles. The van der Waals surface area contributed by atoms with Crippen LogP contribution in [0.1, 0.15) is 69.7 Å². The van der Waals surface area contributed by atoms with Crippen molar-refractivity contribution < 1.29 is 18.5 Å². The first-order valence-electron chi connectivity index (χ1n) is 21.9. The van der Waals surface area contributed by atoms with Crippen molar-refractivity contribution in [2.24, 2.45) is 14.1 Å². The van der Waals surface area contributed by atoms with Crippen LogP contribution in [-0.2, 0) is 46.2 Å². The van der Waals surface area contributed by atoms with Crippen molar-refractivity contribution in [3.63, 3.8) is 0 Å². The second kappa shape index (κ2) is 16.6. The van der Waals surface area contributed by atoms with Crippen LogP contribution in [0.25, 0.3) is 66.1 Å². The Kier molecular flexibility index (Phi) is 10.7. The van der Waals surface area contributed by atoms with Crippen LogP contribution in [0.5, 0.6) is 11.5 Å². The summed E-state index contributed by atoms with van der Waals surface area (Å²) in [5.74, 6) is 4.12. The van der Waals surface area contributed by atoms with E-state index in [1.807, 2.05) is 64.7 Å². The summed E-state index contributed by atoms with van der Waals surface area (Å²) in [4.78, 5) is 24.1. The molecule has 8 heterocycles. The molecular weight excluding hydrogens is 874 g/mol. The Morgan fingerprint density at radius 2 is 1.16 bits per heavy atom. The van der Waals surface area contributed by atoms with Gasteiger partial charge in [-0.05, 0) is 96.0 Å². The van der Waals surface area contributed by atoms with E-state index < -0.39 is 0 Å². The average molecular weight is 924 g/mol. The van der Waals surface area contributed by atoms with Gasteiger partial charge in [0, 0.05) is 70.1 Å². The largest absolute Gasteiger partial charge is 0.496 e. The zero-order valence-corrected chi connectivity index (χ0v) is 39.2. The van der Waals surface area contributed by atoms with Crippen molar-refractivity contribution in [1.29, 1.82) is 0 Å². The number of methoxy groups -OCH3 is 2. The number of nitrogens with zero attached hydrogens (tertiary/aromatic N) is 10. The quantitative estimate of drug-likeness (QED) is 0.0992. The fraction of sp³-hybridized carbons (Fsp3) is 0.319. The summed E-state index contributed by atoms with van der Waals surface area (Å²) in [6.07, 6.45) is 7.35. The Hall–Kier alpha value is -7.67. The number of aromatic nitrogens is 12. The number of nitrogens with two attached hydrogens (primary N) is 3. The topological polar surface area (TPSA) is 267 Å². The smallest absolute Gasteiger partial charge is 0.223 e. The van der Waals surface area contributed by atoms with Crippen LogP contribution in [-0.4, -0.2) is 74.0 Å². The number of ether oxygens (including phenoxy) is 2. The monoisotopic (exact) mass is 923 g/mol. The number of nitrogens with one attached hydrogen (secondary N) is 2. The maximum absolute atomic E-state index is 6.25. The van der Waals surface area contributed by atoms with Crippen molar-refractivity contribution in [1.82, 2.24) is 59.8 Å². The van der Waals surface area contributed by atoms with Crippen molar-refractivity contribution in [3.8, 4) is 33.8 Å². The molecule has 0 saturated heterocycles. The maximum atomic E-state index is 6.25. The summed E-state index contributed by atoms with van der Waals surface area (Å²) in [7, 11) is 7.19. The SMILES string of the molecule is COc1cc2c(cc1-c1c(C)noc1C)[nH]c1nc(N)nc(Cc3c4c(nn3C)CCC4)c12.COc1cc2c(cc1-c1c(C)noc1C)[nH]c1nc(N)nc(Cl)c12.Cn1nc2c(c1N)CCC2. The highest BCUT2D eigenvalue weighted by molar-refractivity contribution is 6.36. The minimum atomic E-state index is 0.122. The molecule has 2 aromatic carbocycles. The highest BCUT2D eigenvalue weighted by Gasteiger charge is 2.26. The van der Waals surface area contributed by atoms with Crippen molar-refractivity contribution in [3.05, 3.63) is 86.2 Å². The zero-order chi connectivity index (χ0) is 47.0. The van der Waals surface area contributed by atoms with E-state index in [0.29, 0.717) is 34.0 Å². The molecule has 0 amide bonds. The molecule has 2 aliphatic rings. The van der Waals surface area contributed by atoms with Gasteiger partial charge < -0.3 is 45.7 Å². The molecule has 344 valence electrons. The van der Waals surface area contributed by atoms with Crippen LogP contribution in [0.3, 0.4) is 0 Å². The molecule has 12 rings (SSSR count). The second-order valence-corrected chi connectivity index (χ2v) is 17.4. The number of halogens is 1. The van der Waals surface area contributed by atoms with Gasteiger partial charge in [-0.1, -0.05) is 21.9 Å². The Balaban J connectivity index is 0.000000134. The lowest BCUT2D eigenvalue weighted by Gasteiger charge is -2.10. The third-order valence-electron chi connectivity index (χ3n) is 12.9. The molecule has 0 radical (unpaired) electrons. The number of hydrogen-bond donors (Lipinski definition) is 5. The van der Waals surface area contributed by atoms with Crippen molar-refractivity contribution in [2.75, 3.05) is 31.4 Å². The molecule has 0 saturated carbocycles. The van der Waals surface area contributed by atoms with Crippen LogP contribution in [0.2, 0.25) is 5.15 Å². The standard InChI is InChI=1S/C24H25N7O2.C16H14ClN5O2.C7H11N3/c1-11-21(12(2)33-30-11)15-8-17-14(9-20(15)32-4)22-18(27-24(25)28-23(22)26-17)10-19-13-6-5-7-16(13)29-31(19)3;1-6-12(7(2)24-22-6)9-4-10-8(5-11(9)23-3)13-14(17)20-16(18)21-15(13)19-10;1-10-7(8)5-3-2-4-6(5)9-10/h8-9H,5-7,10H2,1-4H3,(H3,25,26,27,28);4-5H,1-3H3,(H3,18,19,20,21);2-4,8H2,1H3. The van der Waals surface area contributed by atoms with E-state index in [2.05, 4.69) is 51.4 Å². The highest BCUT2D eigenvalue weighted by atomic mass is 35.5. The van der Waals surface area contributed by atoms with Gasteiger partial charge in [0.1, 0.15) is 45.3 Å². The number of anilines is 3. The molecule has 19 nitrogen and oxygen atoms in total. The number of aryl methyl sites for hydroxylation is 8. The van der Waals surface area contributed by atoms with Gasteiger partial charge in [-0.2, -0.15) is 20.2 Å². The van der Waals surface area contributed by atoms with Gasteiger partial charge in [-0.3, -0.25) is 9.36 Å². The van der Waals surface area contributed by atoms with Crippen LogP contribution >= 0.6 is 11.6 Å². The molecule has 0 atom stereocenters. The molecule has 20 heteroatoms. The molecule has 0 bridgehead atoms. The molecule has 8 aromatic heterocycles. The van der Waals surface area contributed by atoms with Gasteiger partial charge >= 0.3 is 0 Å². The Morgan fingerprint density at radius 1 is 0.657 bits per heavy atom. The number of nitrogen functional groups attached to an aromatic ring is 3. The first-order valence-corrected chi connectivity index (χ1v) is 22.3. The van der Waals surface area contributed by atoms with Gasteiger partial charge in [0.05, 0.1) is 59.2 Å². The molecule has 0 spiro atoms. The van der Waals surface area contributed by atoms with E-state index in [0.717, 1.165) is 122 Å². The van der Waals surface area contributed by atoms with E-state index >= 15 is 0 Å². The molecular formula is C47H50ClN15O4. The lowest BCUT2D eigenvalue weighted by Crippen LogP contribution is -2.06. The minimum Gasteiger partial charge on any atom is -0.496 e. The molecule has 0 fully saturated rings. The third-order valence-corrected chi connectivity index (χ3v) is 13.1. The summed E-state index contributed by atoms with van der Waals surface area (Å²) < 4.78 is 25.8. The van der Waals surface area contributed by atoms with Gasteiger partial charge in [-0.15, -0.1) is 0 Å². The average Bonchev–Trinajstić information content (AvgIpc) is 4.18. The second-order valence-electron chi connectivity index (χ2n) is 17.0. The number of rotatable bonds is 6. The predicted octanol–water partition coefficient (Wildman–Crippen LogP) is 7.90. The lowest BCUT2D eigenvalue weighted by molar-refractivity contribution is 0.393. The summed E-state index contributed by atoms with van der Waals surface area (Å²) in [5, 5.41) is 21.0. The third kappa shape index (κ3) is 7.38. The van der Waals surface area contributed by atoms with Crippen LogP contribution in [0, 0.1) is 27.7 Å². The van der Waals surface area contributed by atoms with E-state index in [4.69, 9.17) is 52.4 Å². The number of benzene rings is 2. The number of hydrogen-bond acceptors (Lipinski definition) is 15. The number of aromatic amines is 2. The van der Waals surface area contributed by atoms with E-state index in [1.165, 1.54) is 34.6 Å². The normalized spacial score (nSPS) is 13.0. The molecule has 10 aromatic rings. The summed E-state index contributed by atoms with van der Waals surface area (Å²) in [6.45, 7) is 7.59. The first kappa shape index (κ1) is 43.2. The Morgan fingerprint density at radius 3 is 1.70 bits per heavy atom. The summed E-state index contributed by atoms with van der Waals surface area (Å²) in [5.41, 5.74) is 33.0. The molecule has 2 aliphatic carbocycles. The number of H-pyrrole nitrogens is 2. The summed E-state index contributed by atoms with van der Waals surface area (Å²) >= 11 is 6.25. The Bertz CT molecular complexity index is 3530. The molecule has 0 unspecified atom stereocenters. The Labute approximate surface area is 388 Å². The zero-order valence-electron chi connectivity index (χ0n) is 38.5. The van der Waals surface area contributed by atoms with E-state index in [-0.39, 0.29) is 11.9 Å². The number of fused-ring (bicyclic) bond motifs is 8. The maximum Gasteiger partial charge on any atom is 0.223 e. The highest BCUT2D eigenvalue weighted by Crippen LogP contribution is 2.42. The van der Waals surface area contributed by atoms with Crippen LogP contribution in [0.4, 0.5) is 17.7 Å². The van der Waals surface area contributed by atoms with Crippen LogP contribution < -0.4 is 26.7 Å². The molecule has 67 heavy (non-hydrogen) atoms. The van der Waals surface area contributed by atoms with E-state index in [1.54, 1.807) is 18.9 Å². The van der Waals surface area contributed by atoms with Crippen molar-refractivity contribution >= 4 is 73.2 Å². The lowest BCUT2D eigenvalue weighted by atomic mass is 10.00.